The number of carbonyl (C=O) groups is 1. The van der Waals surface area contributed by atoms with Crippen LogP contribution >= 0.6 is 22.6 Å². The Labute approximate surface area is 145 Å². The van der Waals surface area contributed by atoms with Gasteiger partial charge in [0.2, 0.25) is 5.78 Å². The molecular formula is C17H13F2IN2O. The maximum absolute atomic E-state index is 13.4. The summed E-state index contributed by atoms with van der Waals surface area (Å²) in [5.41, 5.74) is 1.74. The predicted octanol–water partition coefficient (Wildman–Crippen LogP) is 4.49. The standard InChI is InChI=1S/C17H13F2IN2O/c18-17(19,20)16(23)14-11-22(15-7-2-1-6-13(14)15)10-8-12-5-3-4-9-21-12/h1-7,9,11H,8,10H2. The molecule has 3 rings (SSSR count). The monoisotopic (exact) mass is 426 g/mol. The highest BCUT2D eigenvalue weighted by atomic mass is 127. The van der Waals surface area contributed by atoms with Crippen LogP contribution < -0.4 is 0 Å². The molecule has 0 aliphatic heterocycles. The van der Waals surface area contributed by atoms with Crippen LogP contribution in [0, 0.1) is 0 Å². The minimum absolute atomic E-state index is 0.0565. The molecule has 0 radical (unpaired) electrons. The van der Waals surface area contributed by atoms with Gasteiger partial charge in [-0.3, -0.25) is 9.78 Å². The van der Waals surface area contributed by atoms with E-state index in [1.54, 1.807) is 18.3 Å². The van der Waals surface area contributed by atoms with Gasteiger partial charge in [0.1, 0.15) is 0 Å². The molecule has 0 N–H and O–H groups in total. The summed E-state index contributed by atoms with van der Waals surface area (Å²) in [6, 6.07) is 12.8. The van der Waals surface area contributed by atoms with Crippen LogP contribution in [0.2, 0.25) is 0 Å². The number of pyridine rings is 1. The highest BCUT2D eigenvalue weighted by Crippen LogP contribution is 2.31. The molecule has 2 heterocycles. The maximum atomic E-state index is 13.4. The molecule has 23 heavy (non-hydrogen) atoms. The lowest BCUT2D eigenvalue weighted by atomic mass is 10.1. The first-order chi connectivity index (χ1) is 11.0. The lowest BCUT2D eigenvalue weighted by Crippen LogP contribution is -2.20. The van der Waals surface area contributed by atoms with Crippen molar-refractivity contribution in [1.29, 1.82) is 0 Å². The molecule has 0 atom stereocenters. The summed E-state index contributed by atoms with van der Waals surface area (Å²) in [5, 5.41) is 0.551. The zero-order valence-corrected chi connectivity index (χ0v) is 14.2. The summed E-state index contributed by atoms with van der Waals surface area (Å²) in [7, 11) is 0. The summed E-state index contributed by atoms with van der Waals surface area (Å²) in [5.74, 6) is -1.16. The molecule has 0 bridgehead atoms. The number of halogens is 3. The number of fused-ring (bicyclic) bond motifs is 1. The number of carbonyl (C=O) groups excluding carboxylic acids is 1. The Morgan fingerprint density at radius 2 is 1.91 bits per heavy atom. The van der Waals surface area contributed by atoms with Gasteiger partial charge in [0.15, 0.2) is 0 Å². The third-order valence-electron chi connectivity index (χ3n) is 3.63. The van der Waals surface area contributed by atoms with Gasteiger partial charge in [-0.1, -0.05) is 24.3 Å². The Hall–Kier alpha value is -1.83. The van der Waals surface area contributed by atoms with E-state index in [0.717, 1.165) is 33.8 Å². The van der Waals surface area contributed by atoms with Gasteiger partial charge in [-0.05, 0) is 18.2 Å². The lowest BCUT2D eigenvalue weighted by molar-refractivity contribution is 0.0628. The van der Waals surface area contributed by atoms with E-state index < -0.39 is 9.71 Å². The molecule has 0 spiro atoms. The second-order valence-electron chi connectivity index (χ2n) is 5.15. The summed E-state index contributed by atoms with van der Waals surface area (Å²) < 4.78 is 25.2. The molecule has 0 saturated heterocycles. The second-order valence-corrected chi connectivity index (χ2v) is 6.51. The van der Waals surface area contributed by atoms with Gasteiger partial charge in [-0.25, -0.2) is 0 Å². The van der Waals surface area contributed by atoms with Crippen molar-refractivity contribution >= 4 is 39.3 Å². The van der Waals surface area contributed by atoms with E-state index in [4.69, 9.17) is 0 Å². The number of nitrogens with zero attached hydrogens (tertiary/aromatic N) is 2. The van der Waals surface area contributed by atoms with Crippen molar-refractivity contribution in [2.75, 3.05) is 0 Å². The molecule has 6 heteroatoms. The first kappa shape index (κ1) is 16.0. The van der Waals surface area contributed by atoms with Gasteiger partial charge < -0.3 is 4.57 Å². The number of benzene rings is 1. The molecule has 3 aromatic rings. The van der Waals surface area contributed by atoms with Crippen LogP contribution in [0.1, 0.15) is 16.1 Å². The quantitative estimate of drug-likeness (QED) is 0.343. The average molecular weight is 426 g/mol. The Kier molecular flexibility index (Phi) is 4.43. The van der Waals surface area contributed by atoms with Crippen LogP contribution in [0.15, 0.2) is 54.9 Å². The number of alkyl halides is 3. The SMILES string of the molecule is O=C(c1cn(CCc2ccccn2)c2ccccc12)C(F)(F)I. The van der Waals surface area contributed by atoms with Crippen LogP contribution in [-0.2, 0) is 13.0 Å². The van der Waals surface area contributed by atoms with E-state index in [1.165, 1.54) is 6.20 Å². The number of aromatic nitrogens is 2. The van der Waals surface area contributed by atoms with E-state index in [1.807, 2.05) is 34.9 Å². The predicted molar refractivity (Wildman–Crippen MR) is 93.2 cm³/mol. The molecule has 1 aromatic carbocycles. The normalized spacial score (nSPS) is 11.8. The molecular weight excluding hydrogens is 413 g/mol. The zero-order valence-electron chi connectivity index (χ0n) is 12.0. The number of hydrogen-bond donors (Lipinski definition) is 0. The highest BCUT2D eigenvalue weighted by molar-refractivity contribution is 14.1. The molecule has 0 amide bonds. The van der Waals surface area contributed by atoms with Gasteiger partial charge in [-0.15, -0.1) is 0 Å². The zero-order chi connectivity index (χ0) is 16.4. The van der Waals surface area contributed by atoms with Crippen LogP contribution in [0.3, 0.4) is 0 Å². The fourth-order valence-corrected chi connectivity index (χ4v) is 2.84. The smallest absolute Gasteiger partial charge is 0.346 e. The molecule has 0 aliphatic rings. The van der Waals surface area contributed by atoms with Crippen molar-refractivity contribution in [3.05, 3.63) is 66.1 Å². The Morgan fingerprint density at radius 1 is 1.17 bits per heavy atom. The number of Topliss-reactive ketones (excluding diaryl/α,β-unsaturated/α-hetero) is 1. The molecule has 0 aliphatic carbocycles. The summed E-state index contributed by atoms with van der Waals surface area (Å²) >= 11 is 0.877. The highest BCUT2D eigenvalue weighted by Gasteiger charge is 2.37. The molecule has 0 unspecified atom stereocenters. The van der Waals surface area contributed by atoms with Crippen LogP contribution in [0.25, 0.3) is 10.9 Å². The van der Waals surface area contributed by atoms with E-state index in [-0.39, 0.29) is 5.56 Å². The van der Waals surface area contributed by atoms with E-state index in [2.05, 4.69) is 4.98 Å². The lowest BCUT2D eigenvalue weighted by Gasteiger charge is -2.05. The number of hydrogen-bond acceptors (Lipinski definition) is 2. The van der Waals surface area contributed by atoms with Gasteiger partial charge in [0.25, 0.3) is 0 Å². The van der Waals surface area contributed by atoms with E-state index >= 15 is 0 Å². The van der Waals surface area contributed by atoms with Crippen molar-refractivity contribution in [3.63, 3.8) is 0 Å². The van der Waals surface area contributed by atoms with Gasteiger partial charge in [-0.2, -0.15) is 8.78 Å². The van der Waals surface area contributed by atoms with Crippen molar-refractivity contribution in [3.8, 4) is 0 Å². The molecule has 0 fully saturated rings. The molecule has 0 saturated carbocycles. The molecule has 118 valence electrons. The molecule has 2 aromatic heterocycles. The first-order valence-corrected chi connectivity index (χ1v) is 8.14. The van der Waals surface area contributed by atoms with Crippen molar-refractivity contribution in [2.45, 2.75) is 16.9 Å². The Morgan fingerprint density at radius 3 is 2.61 bits per heavy atom. The Balaban J connectivity index is 1.96. The topological polar surface area (TPSA) is 34.9 Å². The number of rotatable bonds is 5. The average Bonchev–Trinajstić information content (AvgIpc) is 2.91. The van der Waals surface area contributed by atoms with Gasteiger partial charge in [0.05, 0.1) is 5.56 Å². The van der Waals surface area contributed by atoms with Crippen LogP contribution in [-0.4, -0.2) is 19.3 Å². The van der Waals surface area contributed by atoms with Crippen molar-refractivity contribution < 1.29 is 13.6 Å². The largest absolute Gasteiger partial charge is 0.357 e. The fourth-order valence-electron chi connectivity index (χ4n) is 2.55. The first-order valence-electron chi connectivity index (χ1n) is 7.06. The second kappa shape index (κ2) is 6.35. The summed E-state index contributed by atoms with van der Waals surface area (Å²) in [6.45, 7) is 0.567. The van der Waals surface area contributed by atoms with Crippen molar-refractivity contribution in [2.24, 2.45) is 0 Å². The summed E-state index contributed by atoms with van der Waals surface area (Å²) in [4.78, 5) is 16.2. The van der Waals surface area contributed by atoms with Gasteiger partial charge in [0, 0.05) is 64.5 Å². The third kappa shape index (κ3) is 3.41. The number of para-hydroxylation sites is 1. The minimum atomic E-state index is -3.41. The van der Waals surface area contributed by atoms with Crippen LogP contribution in [0.5, 0.6) is 0 Å². The molecule has 3 nitrogen and oxygen atoms in total. The van der Waals surface area contributed by atoms with E-state index in [0.29, 0.717) is 18.4 Å². The van der Waals surface area contributed by atoms with E-state index in [9.17, 15) is 13.6 Å². The third-order valence-corrected chi connectivity index (χ3v) is 4.12. The van der Waals surface area contributed by atoms with Crippen molar-refractivity contribution in [1.82, 2.24) is 9.55 Å². The number of ketones is 1. The Bertz CT molecular complexity index is 841. The van der Waals surface area contributed by atoms with Gasteiger partial charge >= 0.3 is 3.93 Å². The fraction of sp³-hybridized carbons (Fsp3) is 0.176. The maximum Gasteiger partial charge on any atom is 0.357 e. The number of aryl methyl sites for hydroxylation is 2. The minimum Gasteiger partial charge on any atom is -0.346 e. The van der Waals surface area contributed by atoms with Crippen LogP contribution in [0.4, 0.5) is 8.78 Å². The summed E-state index contributed by atoms with van der Waals surface area (Å²) in [6.07, 6.45) is 3.89.